The number of hydrogen-bond acceptors (Lipinski definition) is 3. The average Bonchev–Trinajstić information content (AvgIpc) is 2.78. The molecule has 1 N–H and O–H groups in total. The molecule has 0 unspecified atom stereocenters. The Morgan fingerprint density at radius 1 is 0.750 bits per heavy atom. The van der Waals surface area contributed by atoms with Gasteiger partial charge in [-0.3, -0.25) is 0 Å². The fraction of sp³-hybridized carbons (Fsp3) is 0.750. The van der Waals surface area contributed by atoms with E-state index in [0.29, 0.717) is 12.2 Å². The van der Waals surface area contributed by atoms with E-state index in [0.717, 1.165) is 12.2 Å². The molecule has 3 nitrogen and oxygen atoms in total. The van der Waals surface area contributed by atoms with Gasteiger partial charge in [0.15, 0.2) is 0 Å². The Morgan fingerprint density at radius 2 is 1.25 bits per heavy atom. The number of nitrogens with one attached hydrogen (secondary N) is 1. The maximum atomic E-state index is 11.7. The number of unbranched alkanes of at least 4 members (excludes halogenated alkanes) is 11. The highest BCUT2D eigenvalue weighted by Gasteiger charge is 2.18. The molecule has 0 aliphatic rings. The van der Waals surface area contributed by atoms with Crippen LogP contribution in [0.3, 0.4) is 0 Å². The number of rotatable bonds is 20. The minimum absolute atomic E-state index is 0.248. The van der Waals surface area contributed by atoms with Crippen LogP contribution in [0.25, 0.3) is 0 Å². The number of carbonyl (C=O) groups is 1. The average molecular weight is 462 g/mol. The smallest absolute Gasteiger partial charge is 0.338 e. The van der Waals surface area contributed by atoms with Crippen LogP contribution in [0.5, 0.6) is 0 Å². The Balaban J connectivity index is 1.92. The van der Waals surface area contributed by atoms with Crippen molar-refractivity contribution in [3.05, 3.63) is 29.8 Å². The zero-order valence-corrected chi connectivity index (χ0v) is 22.6. The maximum Gasteiger partial charge on any atom is 0.338 e. The molecule has 0 atom stereocenters. The van der Waals surface area contributed by atoms with Gasteiger partial charge in [0.05, 0.1) is 12.2 Å². The molecule has 0 saturated heterocycles. The quantitative estimate of drug-likeness (QED) is 0.119. The van der Waals surface area contributed by atoms with Crippen LogP contribution in [-0.2, 0) is 4.74 Å². The molecule has 0 saturated carbocycles. The topological polar surface area (TPSA) is 38.3 Å². The van der Waals surface area contributed by atoms with Crippen molar-refractivity contribution in [1.29, 1.82) is 0 Å². The van der Waals surface area contributed by atoms with Gasteiger partial charge < -0.3 is 10.1 Å². The number of benzene rings is 1. The summed E-state index contributed by atoms with van der Waals surface area (Å²) in [6.45, 7) is 10.7. The van der Waals surface area contributed by atoms with Crippen molar-refractivity contribution in [3.8, 4) is 0 Å². The van der Waals surface area contributed by atoms with E-state index in [4.69, 9.17) is 4.74 Å². The molecular weight excluding hydrogens is 410 g/mol. The van der Waals surface area contributed by atoms with Crippen molar-refractivity contribution in [1.82, 2.24) is 0 Å². The summed E-state index contributed by atoms with van der Waals surface area (Å²) in [6.07, 6.45) is 18.1. The van der Waals surface area contributed by atoms with Gasteiger partial charge in [0.1, 0.15) is 0 Å². The van der Waals surface area contributed by atoms with Gasteiger partial charge in [-0.25, -0.2) is 4.79 Å². The van der Waals surface area contributed by atoms with Crippen molar-refractivity contribution >= 4 is 19.7 Å². The monoisotopic (exact) mass is 461 g/mol. The fourth-order valence-electron chi connectivity index (χ4n) is 4.29. The highest BCUT2D eigenvalue weighted by atomic mass is 28.3. The molecule has 0 bridgehead atoms. The lowest BCUT2D eigenvalue weighted by Crippen LogP contribution is -2.24. The molecule has 4 heteroatoms. The van der Waals surface area contributed by atoms with Crippen LogP contribution in [0, 0.1) is 0 Å². The molecule has 32 heavy (non-hydrogen) atoms. The third-order valence-electron chi connectivity index (χ3n) is 6.46. The Labute approximate surface area is 200 Å². The maximum absolute atomic E-state index is 11.7. The van der Waals surface area contributed by atoms with Crippen LogP contribution in [0.4, 0.5) is 5.69 Å². The van der Waals surface area contributed by atoms with Crippen LogP contribution in [0.15, 0.2) is 24.3 Å². The Kier molecular flexibility index (Phi) is 16.3. The molecule has 0 amide bonds. The van der Waals surface area contributed by atoms with Crippen LogP contribution >= 0.6 is 0 Å². The summed E-state index contributed by atoms with van der Waals surface area (Å²) < 4.78 is 5.02. The molecule has 0 spiro atoms. The van der Waals surface area contributed by atoms with Crippen LogP contribution in [0.1, 0.15) is 108 Å². The number of anilines is 1. The Hall–Kier alpha value is -1.29. The van der Waals surface area contributed by atoms with Gasteiger partial charge in [-0.1, -0.05) is 109 Å². The van der Waals surface area contributed by atoms with Gasteiger partial charge in [-0.15, -0.1) is 0 Å². The number of esters is 1. The normalized spacial score (nSPS) is 11.5. The van der Waals surface area contributed by atoms with Gasteiger partial charge in [0.25, 0.3) is 0 Å². The summed E-state index contributed by atoms with van der Waals surface area (Å²) in [4.78, 5) is 11.7. The van der Waals surface area contributed by atoms with Crippen molar-refractivity contribution in [2.45, 2.75) is 123 Å². The summed E-state index contributed by atoms with van der Waals surface area (Å²) >= 11 is 0. The molecular formula is C28H51NO2Si. The van der Waals surface area contributed by atoms with E-state index in [9.17, 15) is 4.79 Å². The Bertz CT molecular complexity index is 586. The van der Waals surface area contributed by atoms with E-state index in [1.165, 1.54) is 89.5 Å². The fourth-order valence-corrected chi connectivity index (χ4v) is 6.96. The first-order chi connectivity index (χ1) is 15.5. The van der Waals surface area contributed by atoms with Crippen molar-refractivity contribution in [2.24, 2.45) is 0 Å². The van der Waals surface area contributed by atoms with Gasteiger partial charge >= 0.3 is 5.97 Å². The number of carbonyl (C=O) groups excluding carboxylic acids is 1. The van der Waals surface area contributed by atoms with Crippen molar-refractivity contribution in [2.75, 3.05) is 18.5 Å². The third kappa shape index (κ3) is 14.7. The molecule has 0 aromatic heterocycles. The molecule has 1 aromatic carbocycles. The van der Waals surface area contributed by atoms with E-state index in [2.05, 4.69) is 25.3 Å². The lowest BCUT2D eigenvalue weighted by molar-refractivity contribution is 0.0526. The molecule has 0 aliphatic carbocycles. The standard InChI is InChI=1S/C28H51NO2Si/c1-5-7-8-17-24-32(3,4)25-18-15-13-11-9-10-12-14-16-23-29-27-21-19-26(20-22-27)28(30)31-6-2/h19-22,29H,5-18,23-25H2,1-4H3. The van der Waals surface area contributed by atoms with Crippen LogP contribution < -0.4 is 5.32 Å². The zero-order chi connectivity index (χ0) is 23.5. The first kappa shape index (κ1) is 28.7. The molecule has 0 fully saturated rings. The number of hydrogen-bond donors (Lipinski definition) is 1. The van der Waals surface area contributed by atoms with Crippen molar-refractivity contribution in [3.63, 3.8) is 0 Å². The first-order valence-electron chi connectivity index (χ1n) is 13.5. The van der Waals surface area contributed by atoms with E-state index in [1.807, 2.05) is 31.2 Å². The zero-order valence-electron chi connectivity index (χ0n) is 21.6. The van der Waals surface area contributed by atoms with Crippen LogP contribution in [0.2, 0.25) is 25.2 Å². The van der Waals surface area contributed by atoms with Crippen molar-refractivity contribution < 1.29 is 9.53 Å². The summed E-state index contributed by atoms with van der Waals surface area (Å²) in [6, 6.07) is 10.7. The minimum atomic E-state index is -0.910. The third-order valence-corrected chi connectivity index (χ3v) is 9.88. The second-order valence-corrected chi connectivity index (χ2v) is 15.5. The van der Waals surface area contributed by atoms with E-state index in [-0.39, 0.29) is 5.97 Å². The van der Waals surface area contributed by atoms with E-state index >= 15 is 0 Å². The largest absolute Gasteiger partial charge is 0.462 e. The SMILES string of the molecule is CCCCCC[Si](C)(C)CCCCCCCCCCCNc1ccc(C(=O)OCC)cc1. The predicted octanol–water partition coefficient (Wildman–Crippen LogP) is 9.07. The molecule has 184 valence electrons. The second kappa shape index (κ2) is 18.2. The summed E-state index contributed by atoms with van der Waals surface area (Å²) in [5.41, 5.74) is 1.69. The molecule has 0 radical (unpaired) electrons. The minimum Gasteiger partial charge on any atom is -0.462 e. The molecule has 0 heterocycles. The van der Waals surface area contributed by atoms with Gasteiger partial charge in [-0.2, -0.15) is 0 Å². The second-order valence-electron chi connectivity index (χ2n) is 10.1. The lowest BCUT2D eigenvalue weighted by Gasteiger charge is -2.22. The van der Waals surface area contributed by atoms with Gasteiger partial charge in [-0.05, 0) is 37.6 Å². The summed E-state index contributed by atoms with van der Waals surface area (Å²) in [5.74, 6) is -0.248. The van der Waals surface area contributed by atoms with Gasteiger partial charge in [0, 0.05) is 20.3 Å². The summed E-state index contributed by atoms with van der Waals surface area (Å²) in [7, 11) is -0.910. The highest BCUT2D eigenvalue weighted by Crippen LogP contribution is 2.23. The molecule has 0 aliphatic heterocycles. The first-order valence-corrected chi connectivity index (χ1v) is 16.9. The molecule has 1 rings (SSSR count). The van der Waals surface area contributed by atoms with E-state index < -0.39 is 8.07 Å². The number of ether oxygens (including phenoxy) is 1. The summed E-state index contributed by atoms with van der Waals surface area (Å²) in [5, 5.41) is 3.45. The lowest BCUT2D eigenvalue weighted by atomic mass is 10.1. The van der Waals surface area contributed by atoms with Gasteiger partial charge in [0.2, 0.25) is 0 Å². The highest BCUT2D eigenvalue weighted by molar-refractivity contribution is 6.77. The Morgan fingerprint density at radius 3 is 1.78 bits per heavy atom. The molecule has 1 aromatic rings. The van der Waals surface area contributed by atoms with E-state index in [1.54, 1.807) is 6.04 Å². The predicted molar refractivity (Wildman–Crippen MR) is 144 cm³/mol. The van der Waals surface area contributed by atoms with Crippen LogP contribution in [-0.4, -0.2) is 27.2 Å².